The van der Waals surface area contributed by atoms with Crippen molar-refractivity contribution in [2.24, 2.45) is 40.9 Å². The van der Waals surface area contributed by atoms with Gasteiger partial charge in [-0.05, 0) is 84.3 Å². The summed E-state index contributed by atoms with van der Waals surface area (Å²) in [5.41, 5.74) is 3.34. The number of allylic oxidation sites excluding steroid dienone is 1. The average molecular weight is 364 g/mol. The number of hydrogen-bond donors (Lipinski definition) is 1. The molecule has 4 aliphatic rings. The van der Waals surface area contributed by atoms with Crippen LogP contribution in [0.2, 0.25) is 0 Å². The van der Waals surface area contributed by atoms with Crippen LogP contribution in [0.4, 0.5) is 0 Å². The van der Waals surface area contributed by atoms with Crippen molar-refractivity contribution in [2.75, 3.05) is 6.54 Å². The molecule has 8 atom stereocenters. The van der Waals surface area contributed by atoms with Crippen LogP contribution < -0.4 is 5.32 Å². The summed E-state index contributed by atoms with van der Waals surface area (Å²) >= 11 is 0. The first-order valence-corrected chi connectivity index (χ1v) is 11.5. The van der Waals surface area contributed by atoms with E-state index < -0.39 is 0 Å². The lowest BCUT2D eigenvalue weighted by Gasteiger charge is -2.51. The highest BCUT2D eigenvalue weighted by Gasteiger charge is 2.56. The van der Waals surface area contributed by atoms with Crippen LogP contribution in [0.15, 0.2) is 30.3 Å². The molecular formula is C26H37N. The van der Waals surface area contributed by atoms with Gasteiger partial charge in [-0.1, -0.05) is 64.1 Å². The van der Waals surface area contributed by atoms with E-state index in [1.807, 2.05) is 0 Å². The van der Waals surface area contributed by atoms with Gasteiger partial charge in [0.25, 0.3) is 0 Å². The Bertz CT molecular complexity index is 731. The monoisotopic (exact) mass is 363 g/mol. The molecule has 27 heavy (non-hydrogen) atoms. The normalized spacial score (nSPS) is 43.3. The predicted molar refractivity (Wildman–Crippen MR) is 115 cm³/mol. The molecule has 1 aromatic rings. The van der Waals surface area contributed by atoms with Crippen molar-refractivity contribution in [3.63, 3.8) is 0 Å². The fourth-order valence-corrected chi connectivity index (χ4v) is 8.23. The fourth-order valence-electron chi connectivity index (χ4n) is 8.23. The second kappa shape index (κ2) is 6.48. The maximum atomic E-state index is 3.92. The Labute approximate surface area is 166 Å². The van der Waals surface area contributed by atoms with Gasteiger partial charge >= 0.3 is 0 Å². The van der Waals surface area contributed by atoms with Gasteiger partial charge in [-0.2, -0.15) is 0 Å². The molecule has 0 radical (unpaired) electrons. The molecule has 1 aliphatic heterocycles. The van der Waals surface area contributed by atoms with Crippen LogP contribution in [0.25, 0.3) is 6.08 Å². The Morgan fingerprint density at radius 1 is 1.00 bits per heavy atom. The molecule has 1 saturated heterocycles. The first kappa shape index (κ1) is 18.0. The van der Waals surface area contributed by atoms with Gasteiger partial charge in [-0.3, -0.25) is 0 Å². The number of fused-ring (bicyclic) bond motifs is 3. The average Bonchev–Trinajstić information content (AvgIpc) is 3.23. The Balaban J connectivity index is 1.47. The van der Waals surface area contributed by atoms with Crippen LogP contribution in [0.5, 0.6) is 0 Å². The van der Waals surface area contributed by atoms with Crippen molar-refractivity contribution in [1.82, 2.24) is 5.32 Å². The van der Waals surface area contributed by atoms with E-state index in [-0.39, 0.29) is 0 Å². The topological polar surface area (TPSA) is 12.0 Å². The highest BCUT2D eigenvalue weighted by Crippen LogP contribution is 2.62. The summed E-state index contributed by atoms with van der Waals surface area (Å²) in [6.45, 7) is 11.6. The molecule has 1 heterocycles. The van der Waals surface area contributed by atoms with Crippen LogP contribution >= 0.6 is 0 Å². The molecule has 1 nitrogen and oxygen atoms in total. The van der Waals surface area contributed by atoms with Gasteiger partial charge in [-0.25, -0.2) is 0 Å². The largest absolute Gasteiger partial charge is 0.314 e. The molecule has 8 unspecified atom stereocenters. The summed E-state index contributed by atoms with van der Waals surface area (Å²) in [6, 6.07) is 9.87. The lowest BCUT2D eigenvalue weighted by molar-refractivity contribution is 0.0147. The molecule has 2 saturated carbocycles. The summed E-state index contributed by atoms with van der Waals surface area (Å²) in [7, 11) is 0. The van der Waals surface area contributed by atoms with E-state index in [1.54, 1.807) is 5.56 Å². The van der Waals surface area contributed by atoms with E-state index in [0.29, 0.717) is 11.3 Å². The third kappa shape index (κ3) is 2.68. The molecule has 1 heteroatoms. The summed E-state index contributed by atoms with van der Waals surface area (Å²) in [6.07, 6.45) is 10.6. The van der Waals surface area contributed by atoms with Crippen LogP contribution in [0.1, 0.15) is 70.4 Å². The third-order valence-electron chi connectivity index (χ3n) is 9.24. The zero-order chi connectivity index (χ0) is 18.8. The van der Waals surface area contributed by atoms with E-state index >= 15 is 0 Å². The van der Waals surface area contributed by atoms with Crippen LogP contribution in [0, 0.1) is 40.9 Å². The van der Waals surface area contributed by atoms with Crippen molar-refractivity contribution in [3.05, 3.63) is 41.5 Å². The maximum absolute atomic E-state index is 3.92. The summed E-state index contributed by atoms with van der Waals surface area (Å²) < 4.78 is 0. The Morgan fingerprint density at radius 2 is 1.81 bits per heavy atom. The third-order valence-corrected chi connectivity index (χ3v) is 9.24. The minimum atomic E-state index is 0.323. The number of hydrogen-bond acceptors (Lipinski definition) is 1. The van der Waals surface area contributed by atoms with E-state index in [2.05, 4.69) is 69.4 Å². The van der Waals surface area contributed by atoms with E-state index in [9.17, 15) is 0 Å². The summed E-state index contributed by atoms with van der Waals surface area (Å²) in [5, 5.41) is 3.92. The molecule has 3 aliphatic carbocycles. The molecule has 0 aromatic heterocycles. The zero-order valence-electron chi connectivity index (χ0n) is 17.6. The SMILES string of the molecule is CC1CC2C(C)C3CCCNC3CC2C1C(C)(C)C1C=Cc2ccccc21. The molecule has 0 amide bonds. The Hall–Kier alpha value is -1.08. The highest BCUT2D eigenvalue weighted by atomic mass is 14.9. The van der Waals surface area contributed by atoms with Gasteiger partial charge in [0, 0.05) is 12.0 Å². The van der Waals surface area contributed by atoms with Gasteiger partial charge in [-0.15, -0.1) is 0 Å². The van der Waals surface area contributed by atoms with Gasteiger partial charge in [0.05, 0.1) is 0 Å². The fraction of sp³-hybridized carbons (Fsp3) is 0.692. The second-order valence-electron chi connectivity index (χ2n) is 10.8. The number of rotatable bonds is 2. The second-order valence-corrected chi connectivity index (χ2v) is 10.8. The predicted octanol–water partition coefficient (Wildman–Crippen LogP) is 6.12. The molecule has 146 valence electrons. The Morgan fingerprint density at radius 3 is 2.67 bits per heavy atom. The van der Waals surface area contributed by atoms with Crippen molar-refractivity contribution >= 4 is 6.08 Å². The summed E-state index contributed by atoms with van der Waals surface area (Å²) in [5.74, 6) is 5.93. The molecule has 5 rings (SSSR count). The lowest BCUT2D eigenvalue weighted by Crippen LogP contribution is -2.52. The molecule has 1 aromatic carbocycles. The molecule has 1 N–H and O–H groups in total. The lowest BCUT2D eigenvalue weighted by atomic mass is 9.56. The first-order chi connectivity index (χ1) is 13.0. The number of nitrogens with one attached hydrogen (secondary N) is 1. The number of piperidine rings is 1. The molecular weight excluding hydrogens is 326 g/mol. The molecule has 0 spiro atoms. The smallest absolute Gasteiger partial charge is 0.0101 e. The van der Waals surface area contributed by atoms with Crippen LogP contribution in [-0.4, -0.2) is 12.6 Å². The van der Waals surface area contributed by atoms with Crippen LogP contribution in [-0.2, 0) is 0 Å². The van der Waals surface area contributed by atoms with E-state index in [0.717, 1.165) is 41.5 Å². The summed E-state index contributed by atoms with van der Waals surface area (Å²) in [4.78, 5) is 0. The van der Waals surface area contributed by atoms with Gasteiger partial charge in [0.15, 0.2) is 0 Å². The molecule has 0 bridgehead atoms. The van der Waals surface area contributed by atoms with Crippen molar-refractivity contribution < 1.29 is 0 Å². The minimum absolute atomic E-state index is 0.323. The standard InChI is InChI=1S/C26H37N/c1-16-14-21-17(2)19-10-7-13-27-24(19)15-22(21)25(16)26(3,4)23-12-11-18-8-5-6-9-20(18)23/h5-6,8-9,11-12,16-17,19,21-25,27H,7,10,13-15H2,1-4H3. The zero-order valence-corrected chi connectivity index (χ0v) is 17.6. The van der Waals surface area contributed by atoms with Gasteiger partial charge < -0.3 is 5.32 Å². The highest BCUT2D eigenvalue weighted by molar-refractivity contribution is 5.63. The first-order valence-electron chi connectivity index (χ1n) is 11.5. The minimum Gasteiger partial charge on any atom is -0.314 e. The number of benzene rings is 1. The maximum Gasteiger partial charge on any atom is 0.0101 e. The van der Waals surface area contributed by atoms with Crippen molar-refractivity contribution in [1.29, 1.82) is 0 Å². The van der Waals surface area contributed by atoms with E-state index in [4.69, 9.17) is 0 Å². The van der Waals surface area contributed by atoms with E-state index in [1.165, 1.54) is 37.8 Å². The quantitative estimate of drug-likeness (QED) is 0.667. The van der Waals surface area contributed by atoms with Crippen molar-refractivity contribution in [2.45, 2.75) is 65.3 Å². The van der Waals surface area contributed by atoms with Gasteiger partial charge in [0.1, 0.15) is 0 Å². The van der Waals surface area contributed by atoms with Crippen LogP contribution in [0.3, 0.4) is 0 Å². The van der Waals surface area contributed by atoms with Gasteiger partial charge in [0.2, 0.25) is 0 Å². The Kier molecular flexibility index (Phi) is 4.31. The van der Waals surface area contributed by atoms with Crippen molar-refractivity contribution in [3.8, 4) is 0 Å². The molecule has 3 fully saturated rings.